The summed E-state index contributed by atoms with van der Waals surface area (Å²) >= 11 is 37.5. The molecule has 0 amide bonds. The lowest BCUT2D eigenvalue weighted by Gasteiger charge is -2.43. The predicted octanol–water partition coefficient (Wildman–Crippen LogP) is 11.0. The van der Waals surface area contributed by atoms with E-state index in [1.807, 2.05) is 85.5 Å². The van der Waals surface area contributed by atoms with Crippen LogP contribution in [-0.2, 0) is 22.7 Å². The molecule has 0 aliphatic carbocycles. The number of hydrogen-bond donors (Lipinski definition) is 0. The van der Waals surface area contributed by atoms with Crippen molar-refractivity contribution in [3.05, 3.63) is 163 Å². The zero-order valence-electron chi connectivity index (χ0n) is 33.1. The Morgan fingerprint density at radius 3 is 1.46 bits per heavy atom. The average Bonchev–Trinajstić information content (AvgIpc) is 3.97. The maximum Gasteiger partial charge on any atom is 0.373 e. The molecule has 8 rings (SSSR count). The Kier molecular flexibility index (Phi) is 18.9. The SMILES string of the molecule is C.Clc1ccc([C@@H]2CN(CCn3ccnc3)CCN2c2ccc(Cl)cc2Cl)cc1.O=C(F)c1cn(CCN2CCN(c3ccc(Cl)cc3Cl)[C@H](c3ccc(Cl)cc3)C2)cn1.O=C=O. The monoisotopic (exact) mass is 974 g/mol. The smallest absolute Gasteiger partial charge is 0.361 e. The first-order valence-corrected chi connectivity index (χ1v) is 21.7. The van der Waals surface area contributed by atoms with Crippen molar-refractivity contribution in [2.24, 2.45) is 0 Å². The number of carbonyl (C=O) groups is 1. The van der Waals surface area contributed by atoms with E-state index in [0.29, 0.717) is 31.7 Å². The van der Waals surface area contributed by atoms with E-state index in [-0.39, 0.29) is 31.4 Å². The predicted molar refractivity (Wildman–Crippen MR) is 251 cm³/mol. The van der Waals surface area contributed by atoms with E-state index < -0.39 is 6.04 Å². The molecule has 4 aromatic carbocycles. The average molecular weight is 978 g/mol. The van der Waals surface area contributed by atoms with Crippen molar-refractivity contribution in [3.63, 3.8) is 0 Å². The van der Waals surface area contributed by atoms with Crippen LogP contribution in [0.4, 0.5) is 15.8 Å². The number of imidazole rings is 2. The molecule has 2 saturated heterocycles. The van der Waals surface area contributed by atoms with Gasteiger partial charge in [0.15, 0.2) is 5.69 Å². The Balaban J connectivity index is 0.000000221. The standard InChI is InChI=1S/C22H20Cl3FN4O.C21H21Cl3N4.CO2.CH4/c23-16-3-1-15(2-4-16)21-13-28(7-8-29-12-19(22(26)31)27-14-29)9-10-30(21)20-6-5-17(24)11-18(20)25;22-17-3-1-16(2-4-17)21-14-26(9-10-27-8-7-25-15-27)11-12-28(21)20-6-5-18(23)13-19(20)24;2-1-3;/h1-6,11-12,14,21H,7-10,13H2;1-8,13,15,21H,9-12,14H2;;1H4/t2*21-;;/m00../s1. The number of anilines is 2. The molecule has 2 fully saturated rings. The second-order valence-corrected chi connectivity index (χ2v) is 17.0. The number of benzene rings is 4. The molecule has 0 radical (unpaired) electrons. The van der Waals surface area contributed by atoms with Crippen LogP contribution in [0.3, 0.4) is 0 Å². The molecule has 0 saturated carbocycles. The van der Waals surface area contributed by atoms with Crippen LogP contribution in [-0.4, -0.2) is 93.4 Å². The number of aromatic nitrogens is 4. The van der Waals surface area contributed by atoms with Crippen molar-refractivity contribution in [2.45, 2.75) is 32.6 Å². The highest BCUT2D eigenvalue weighted by atomic mass is 35.5. The van der Waals surface area contributed by atoms with Crippen molar-refractivity contribution < 1.29 is 18.8 Å². The summed E-state index contributed by atoms with van der Waals surface area (Å²) in [7, 11) is 0. The highest BCUT2D eigenvalue weighted by Crippen LogP contribution is 2.38. The first-order valence-electron chi connectivity index (χ1n) is 19.5. The largest absolute Gasteiger partial charge is 0.373 e. The summed E-state index contributed by atoms with van der Waals surface area (Å²) in [4.78, 5) is 44.5. The fourth-order valence-electron chi connectivity index (χ4n) is 7.55. The van der Waals surface area contributed by atoms with Crippen LogP contribution in [0, 0.1) is 0 Å². The number of piperazine rings is 2. The van der Waals surface area contributed by atoms with E-state index in [1.54, 1.807) is 10.6 Å². The number of hydrogen-bond acceptors (Lipinski definition) is 9. The Morgan fingerprint density at radius 1 is 0.619 bits per heavy atom. The van der Waals surface area contributed by atoms with Gasteiger partial charge in [0.25, 0.3) is 0 Å². The Hall–Kier alpha value is -4.46. The molecule has 6 aromatic rings. The molecule has 11 nitrogen and oxygen atoms in total. The third-order valence-electron chi connectivity index (χ3n) is 10.6. The van der Waals surface area contributed by atoms with E-state index in [0.717, 1.165) is 80.9 Å². The zero-order valence-corrected chi connectivity index (χ0v) is 37.7. The van der Waals surface area contributed by atoms with Gasteiger partial charge in [-0.15, -0.1) is 0 Å². The fourth-order valence-corrected chi connectivity index (χ4v) is 8.83. The molecule has 2 atom stereocenters. The van der Waals surface area contributed by atoms with Crippen molar-refractivity contribution in [3.8, 4) is 0 Å². The number of nitrogens with zero attached hydrogens (tertiary/aromatic N) is 8. The van der Waals surface area contributed by atoms with Crippen LogP contribution in [0.5, 0.6) is 0 Å². The first kappa shape index (κ1) is 49.6. The molecule has 4 heterocycles. The highest BCUT2D eigenvalue weighted by Gasteiger charge is 2.31. The van der Waals surface area contributed by atoms with Crippen LogP contribution >= 0.6 is 69.6 Å². The van der Waals surface area contributed by atoms with Gasteiger partial charge in [0.05, 0.1) is 46.2 Å². The van der Waals surface area contributed by atoms with E-state index in [4.69, 9.17) is 79.2 Å². The lowest BCUT2D eigenvalue weighted by molar-refractivity contribution is -0.191. The van der Waals surface area contributed by atoms with E-state index in [1.165, 1.54) is 18.1 Å². The molecule has 0 spiro atoms. The molecule has 0 unspecified atom stereocenters. The summed E-state index contributed by atoms with van der Waals surface area (Å²) in [6, 6.07) is 25.9. The summed E-state index contributed by atoms with van der Waals surface area (Å²) < 4.78 is 16.7. The lowest BCUT2D eigenvalue weighted by atomic mass is 10.0. The maximum absolute atomic E-state index is 12.8. The fraction of sp³-hybridized carbons (Fsp3) is 0.289. The van der Waals surface area contributed by atoms with Crippen molar-refractivity contribution in [2.75, 3.05) is 62.2 Å². The van der Waals surface area contributed by atoms with Crippen LogP contribution in [0.2, 0.25) is 30.1 Å². The minimum atomic E-state index is -1.52. The van der Waals surface area contributed by atoms with Crippen LogP contribution in [0.15, 0.2) is 116 Å². The van der Waals surface area contributed by atoms with Crippen LogP contribution in [0.1, 0.15) is 41.1 Å². The third kappa shape index (κ3) is 13.8. The van der Waals surface area contributed by atoms with Gasteiger partial charge in [-0.05, 0) is 71.8 Å². The summed E-state index contributed by atoms with van der Waals surface area (Å²) in [6.07, 6.45) is 8.84. The second kappa shape index (κ2) is 24.0. The van der Waals surface area contributed by atoms with Gasteiger partial charge < -0.3 is 18.9 Å². The van der Waals surface area contributed by atoms with E-state index in [2.05, 4.69) is 46.3 Å². The summed E-state index contributed by atoms with van der Waals surface area (Å²) in [6.45, 7) is 8.38. The van der Waals surface area contributed by atoms with Gasteiger partial charge in [0.2, 0.25) is 0 Å². The van der Waals surface area contributed by atoms with Crippen LogP contribution < -0.4 is 9.80 Å². The molecular weight excluding hydrogens is 932 g/mol. The van der Waals surface area contributed by atoms with Gasteiger partial charge in [0.1, 0.15) is 0 Å². The maximum atomic E-state index is 12.8. The van der Waals surface area contributed by atoms with Gasteiger partial charge >= 0.3 is 12.2 Å². The van der Waals surface area contributed by atoms with Crippen molar-refractivity contribution in [1.82, 2.24) is 28.9 Å². The van der Waals surface area contributed by atoms with Gasteiger partial charge in [0, 0.05) is 104 Å². The minimum Gasteiger partial charge on any atom is -0.361 e. The normalized spacial score (nSPS) is 16.5. The van der Waals surface area contributed by atoms with Crippen molar-refractivity contribution in [1.29, 1.82) is 0 Å². The molecule has 2 aliphatic heterocycles. The number of halogens is 7. The minimum absolute atomic E-state index is 0. The lowest BCUT2D eigenvalue weighted by Crippen LogP contribution is -2.49. The van der Waals surface area contributed by atoms with Gasteiger partial charge in [-0.25, -0.2) is 9.97 Å². The van der Waals surface area contributed by atoms with Gasteiger partial charge in [-0.1, -0.05) is 101 Å². The second-order valence-electron chi connectivity index (χ2n) is 14.5. The Labute approximate surface area is 396 Å². The molecule has 2 aliphatic rings. The van der Waals surface area contributed by atoms with Gasteiger partial charge in [-0.2, -0.15) is 14.0 Å². The molecular formula is C45H45Cl6FN8O3. The molecule has 0 N–H and O–H groups in total. The van der Waals surface area contributed by atoms with E-state index in [9.17, 15) is 9.18 Å². The zero-order chi connectivity index (χ0) is 44.2. The van der Waals surface area contributed by atoms with Crippen LogP contribution in [0.25, 0.3) is 0 Å². The molecule has 18 heteroatoms. The summed E-state index contributed by atoms with van der Waals surface area (Å²) in [5.41, 5.74) is 4.14. The van der Waals surface area contributed by atoms with E-state index >= 15 is 0 Å². The molecule has 63 heavy (non-hydrogen) atoms. The quantitative estimate of drug-likeness (QED) is 0.118. The van der Waals surface area contributed by atoms with Gasteiger partial charge in [-0.3, -0.25) is 14.6 Å². The highest BCUT2D eigenvalue weighted by molar-refractivity contribution is 6.37. The topological polar surface area (TPSA) is 99.8 Å². The summed E-state index contributed by atoms with van der Waals surface area (Å²) in [5, 5.41) is 3.97. The Morgan fingerprint density at radius 2 is 1.06 bits per heavy atom. The number of rotatable bonds is 11. The first-order chi connectivity index (χ1) is 29.9. The molecule has 2 aromatic heterocycles. The Bertz CT molecular complexity index is 2420. The molecule has 0 bridgehead atoms. The third-order valence-corrected chi connectivity index (χ3v) is 12.2. The summed E-state index contributed by atoms with van der Waals surface area (Å²) in [5.74, 6) is 0. The van der Waals surface area contributed by atoms with Crippen molar-refractivity contribution >= 4 is 93.2 Å². The molecule has 332 valence electrons. The number of carbonyl (C=O) groups excluding carboxylic acids is 3.